The fourth-order valence-corrected chi connectivity index (χ4v) is 5.62. The van der Waals surface area contributed by atoms with Crippen LogP contribution < -0.4 is 10.9 Å². The number of nitrogens with zero attached hydrogens (tertiary/aromatic N) is 1. The highest BCUT2D eigenvalue weighted by atomic mass is 32.2. The molecule has 2 N–H and O–H groups in total. The smallest absolute Gasteiger partial charge is 0.252 e. The zero-order chi connectivity index (χ0) is 22.6. The number of pyridine rings is 1. The van der Waals surface area contributed by atoms with Crippen molar-refractivity contribution in [3.8, 4) is 0 Å². The fourth-order valence-electron chi connectivity index (χ4n) is 4.07. The van der Waals surface area contributed by atoms with E-state index in [0.717, 1.165) is 31.2 Å². The molecule has 0 unspecified atom stereocenters. The Morgan fingerprint density at radius 3 is 2.41 bits per heavy atom. The van der Waals surface area contributed by atoms with E-state index in [9.17, 15) is 18.0 Å². The molecule has 1 saturated heterocycles. The molecule has 3 aromatic rings. The molecular formula is C24H27N3O4S. The molecule has 32 heavy (non-hydrogen) atoms. The van der Waals surface area contributed by atoms with Gasteiger partial charge in [0.05, 0.1) is 10.5 Å². The summed E-state index contributed by atoms with van der Waals surface area (Å²) in [5.41, 5.74) is 1.29. The molecule has 1 fully saturated rings. The maximum atomic E-state index is 13.2. The van der Waals surface area contributed by atoms with Crippen molar-refractivity contribution in [1.82, 2.24) is 14.6 Å². The Bertz CT molecular complexity index is 1260. The van der Waals surface area contributed by atoms with Crippen LogP contribution >= 0.6 is 0 Å². The van der Waals surface area contributed by atoms with Crippen molar-refractivity contribution in [3.63, 3.8) is 0 Å². The first-order chi connectivity index (χ1) is 15.4. The van der Waals surface area contributed by atoms with Crippen molar-refractivity contribution in [2.24, 2.45) is 0 Å². The van der Waals surface area contributed by atoms with Crippen LogP contribution in [-0.2, 0) is 16.4 Å². The second-order valence-corrected chi connectivity index (χ2v) is 10.0. The van der Waals surface area contributed by atoms with Crippen LogP contribution in [0.25, 0.3) is 10.9 Å². The predicted molar refractivity (Wildman–Crippen MR) is 124 cm³/mol. The van der Waals surface area contributed by atoms with Crippen LogP contribution in [0.5, 0.6) is 0 Å². The normalized spacial score (nSPS) is 15.4. The van der Waals surface area contributed by atoms with E-state index in [2.05, 4.69) is 10.3 Å². The van der Waals surface area contributed by atoms with E-state index >= 15 is 0 Å². The predicted octanol–water partition coefficient (Wildman–Crippen LogP) is 3.07. The highest BCUT2D eigenvalue weighted by Crippen LogP contribution is 2.24. The van der Waals surface area contributed by atoms with Gasteiger partial charge in [-0.2, -0.15) is 4.31 Å². The number of carbonyl (C=O) groups is 1. The van der Waals surface area contributed by atoms with E-state index in [1.807, 2.05) is 30.3 Å². The van der Waals surface area contributed by atoms with Crippen LogP contribution in [0.3, 0.4) is 0 Å². The van der Waals surface area contributed by atoms with Crippen LogP contribution in [0.15, 0.2) is 64.3 Å². The molecule has 4 rings (SSSR count). The van der Waals surface area contributed by atoms with Gasteiger partial charge in [0.15, 0.2) is 0 Å². The van der Waals surface area contributed by atoms with Crippen molar-refractivity contribution in [1.29, 1.82) is 0 Å². The highest BCUT2D eigenvalue weighted by molar-refractivity contribution is 7.89. The maximum absolute atomic E-state index is 13.2. The van der Waals surface area contributed by atoms with E-state index in [0.29, 0.717) is 37.0 Å². The van der Waals surface area contributed by atoms with Crippen molar-refractivity contribution in [2.75, 3.05) is 19.6 Å². The summed E-state index contributed by atoms with van der Waals surface area (Å²) < 4.78 is 27.9. The second kappa shape index (κ2) is 9.67. The van der Waals surface area contributed by atoms with Crippen LogP contribution in [0.1, 0.15) is 41.6 Å². The number of hydrogen-bond donors (Lipinski definition) is 2. The first-order valence-corrected chi connectivity index (χ1v) is 12.4. The zero-order valence-corrected chi connectivity index (χ0v) is 18.7. The number of amides is 1. The monoisotopic (exact) mass is 453 g/mol. The molecule has 2 aromatic carbocycles. The van der Waals surface area contributed by atoms with Gasteiger partial charge < -0.3 is 10.3 Å². The maximum Gasteiger partial charge on any atom is 0.252 e. The third-order valence-electron chi connectivity index (χ3n) is 5.80. The molecule has 1 aromatic heterocycles. The molecule has 0 atom stereocenters. The van der Waals surface area contributed by atoms with Gasteiger partial charge in [-0.15, -0.1) is 0 Å². The van der Waals surface area contributed by atoms with Gasteiger partial charge in [0.25, 0.3) is 5.91 Å². The quantitative estimate of drug-likeness (QED) is 0.599. The minimum Gasteiger partial charge on any atom is -0.352 e. The summed E-state index contributed by atoms with van der Waals surface area (Å²) >= 11 is 0. The molecule has 0 spiro atoms. The second-order valence-electron chi connectivity index (χ2n) is 8.06. The lowest BCUT2D eigenvalue weighted by molar-refractivity contribution is 0.0955. The van der Waals surface area contributed by atoms with Crippen LogP contribution in [0, 0.1) is 0 Å². The standard InChI is InChI=1S/C24H27N3O4S/c28-23-17-21(24(29)25-13-12-18-8-4-3-5-9-18)20-16-19(10-11-22(20)26-23)32(30,31)27-14-6-1-2-7-15-27/h3-5,8-11,16-17H,1-2,6-7,12-15H2,(H,25,29)(H,26,28). The third kappa shape index (κ3) is 4.92. The van der Waals surface area contributed by atoms with Crippen molar-refractivity contribution >= 4 is 26.8 Å². The van der Waals surface area contributed by atoms with E-state index in [-0.39, 0.29) is 10.5 Å². The van der Waals surface area contributed by atoms with Gasteiger partial charge in [0.1, 0.15) is 0 Å². The van der Waals surface area contributed by atoms with Crippen LogP contribution in [0.4, 0.5) is 0 Å². The van der Waals surface area contributed by atoms with Crippen molar-refractivity contribution in [3.05, 3.63) is 76.1 Å². The van der Waals surface area contributed by atoms with Crippen molar-refractivity contribution in [2.45, 2.75) is 37.0 Å². The number of benzene rings is 2. The first-order valence-electron chi connectivity index (χ1n) is 10.9. The molecule has 8 heteroatoms. The molecule has 1 aliphatic heterocycles. The molecule has 168 valence electrons. The Hall–Kier alpha value is -2.97. The molecule has 1 aliphatic rings. The van der Waals surface area contributed by atoms with E-state index in [4.69, 9.17) is 0 Å². The number of carbonyl (C=O) groups excluding carboxylic acids is 1. The molecular weight excluding hydrogens is 426 g/mol. The average molecular weight is 454 g/mol. The first kappa shape index (κ1) is 22.2. The summed E-state index contributed by atoms with van der Waals surface area (Å²) in [4.78, 5) is 27.8. The summed E-state index contributed by atoms with van der Waals surface area (Å²) in [7, 11) is -3.67. The summed E-state index contributed by atoms with van der Waals surface area (Å²) in [5.74, 6) is -0.402. The SMILES string of the molecule is O=C(NCCc1ccccc1)c1cc(=O)[nH]c2ccc(S(=O)(=O)N3CCCCCC3)cc12. The Morgan fingerprint density at radius 2 is 1.69 bits per heavy atom. The number of rotatable bonds is 6. The average Bonchev–Trinajstić information content (AvgIpc) is 3.09. The Kier molecular flexibility index (Phi) is 6.72. The Labute approximate surface area is 187 Å². The molecule has 0 bridgehead atoms. The van der Waals surface area contributed by atoms with E-state index in [1.54, 1.807) is 6.07 Å². The number of aromatic amines is 1. The minimum atomic E-state index is -3.67. The van der Waals surface area contributed by atoms with Gasteiger partial charge in [0.2, 0.25) is 15.6 Å². The van der Waals surface area contributed by atoms with Gasteiger partial charge in [-0.25, -0.2) is 8.42 Å². The number of nitrogens with one attached hydrogen (secondary N) is 2. The van der Waals surface area contributed by atoms with Crippen molar-refractivity contribution < 1.29 is 13.2 Å². The summed E-state index contributed by atoms with van der Waals surface area (Å²) in [6, 6.07) is 15.5. The Balaban J connectivity index is 1.62. The van der Waals surface area contributed by atoms with E-state index in [1.165, 1.54) is 22.5 Å². The molecule has 2 heterocycles. The zero-order valence-electron chi connectivity index (χ0n) is 17.8. The van der Waals surface area contributed by atoms with Crippen LogP contribution in [0.2, 0.25) is 0 Å². The largest absolute Gasteiger partial charge is 0.352 e. The lowest BCUT2D eigenvalue weighted by Gasteiger charge is -2.20. The van der Waals surface area contributed by atoms with Crippen LogP contribution in [-0.4, -0.2) is 43.2 Å². The molecule has 0 aliphatic carbocycles. The third-order valence-corrected chi connectivity index (χ3v) is 7.70. The summed E-state index contributed by atoms with van der Waals surface area (Å²) in [6.07, 6.45) is 4.39. The number of hydrogen-bond acceptors (Lipinski definition) is 4. The fraction of sp³-hybridized carbons (Fsp3) is 0.333. The van der Waals surface area contributed by atoms with Gasteiger partial charge in [0, 0.05) is 36.6 Å². The summed E-state index contributed by atoms with van der Waals surface area (Å²) in [5, 5.41) is 3.26. The lowest BCUT2D eigenvalue weighted by atomic mass is 10.1. The molecule has 1 amide bonds. The molecule has 7 nitrogen and oxygen atoms in total. The van der Waals surface area contributed by atoms with Gasteiger partial charge >= 0.3 is 0 Å². The Morgan fingerprint density at radius 1 is 0.969 bits per heavy atom. The minimum absolute atomic E-state index is 0.136. The summed E-state index contributed by atoms with van der Waals surface area (Å²) in [6.45, 7) is 1.40. The number of fused-ring (bicyclic) bond motifs is 1. The number of H-pyrrole nitrogens is 1. The van der Waals surface area contributed by atoms with Gasteiger partial charge in [-0.3, -0.25) is 9.59 Å². The number of aromatic nitrogens is 1. The highest BCUT2D eigenvalue weighted by Gasteiger charge is 2.26. The topological polar surface area (TPSA) is 99.3 Å². The van der Waals surface area contributed by atoms with Gasteiger partial charge in [-0.05, 0) is 43.0 Å². The van der Waals surface area contributed by atoms with Gasteiger partial charge in [-0.1, -0.05) is 43.2 Å². The number of sulfonamides is 1. The van der Waals surface area contributed by atoms with E-state index < -0.39 is 21.5 Å². The lowest BCUT2D eigenvalue weighted by Crippen LogP contribution is -2.32. The molecule has 0 radical (unpaired) electrons. The molecule has 0 saturated carbocycles.